The Kier molecular flexibility index (Phi) is 6.93. The molecule has 0 aliphatic carbocycles. The van der Waals surface area contributed by atoms with Crippen LogP contribution in [0.15, 0.2) is 88.3 Å². The van der Waals surface area contributed by atoms with Gasteiger partial charge in [-0.1, -0.05) is 57.2 Å². The number of carbonyl (C=O) groups is 1. The zero-order valence-corrected chi connectivity index (χ0v) is 19.4. The van der Waals surface area contributed by atoms with Crippen molar-refractivity contribution in [3.8, 4) is 17.2 Å². The second-order valence-electron chi connectivity index (χ2n) is 8.26. The van der Waals surface area contributed by atoms with Gasteiger partial charge in [0.05, 0.1) is 5.39 Å². The molecule has 5 nitrogen and oxygen atoms in total. The fourth-order valence-corrected chi connectivity index (χ4v) is 3.45. The maximum atomic E-state index is 12.8. The maximum absolute atomic E-state index is 12.8. The van der Waals surface area contributed by atoms with Crippen molar-refractivity contribution in [1.82, 2.24) is 0 Å². The number of fused-ring (bicyclic) bond motifs is 1. The Hall–Kier alpha value is -4.12. The summed E-state index contributed by atoms with van der Waals surface area (Å²) in [5, 5.41) is 0.336. The van der Waals surface area contributed by atoms with Crippen molar-refractivity contribution < 1.29 is 18.7 Å². The quantitative estimate of drug-likeness (QED) is 0.173. The van der Waals surface area contributed by atoms with Gasteiger partial charge in [-0.05, 0) is 59.4 Å². The lowest BCUT2D eigenvalue weighted by molar-refractivity contribution is -0.128. The van der Waals surface area contributed by atoms with Gasteiger partial charge in [-0.2, -0.15) is 0 Å². The van der Waals surface area contributed by atoms with Crippen molar-refractivity contribution in [3.05, 3.63) is 106 Å². The Bertz CT molecular complexity index is 1380. The normalized spacial score (nSPS) is 11.3. The monoisotopic (exact) mass is 454 g/mol. The molecule has 0 N–H and O–H groups in total. The van der Waals surface area contributed by atoms with E-state index in [-0.39, 0.29) is 16.9 Å². The van der Waals surface area contributed by atoms with Crippen LogP contribution in [0, 0.1) is 0 Å². The summed E-state index contributed by atoms with van der Waals surface area (Å²) in [7, 11) is 0. The molecule has 0 radical (unpaired) electrons. The van der Waals surface area contributed by atoms with E-state index in [1.54, 1.807) is 18.2 Å². The SMILES string of the molecule is CCc1ccc(Oc2coc3cc(OC(=O)C=Cc4ccc(C(C)C)cc4)ccc3c2=O)cc1. The van der Waals surface area contributed by atoms with Gasteiger partial charge in [0.2, 0.25) is 11.2 Å². The molecule has 0 saturated heterocycles. The van der Waals surface area contributed by atoms with Gasteiger partial charge < -0.3 is 13.9 Å². The van der Waals surface area contributed by atoms with Crippen molar-refractivity contribution in [2.45, 2.75) is 33.1 Å². The molecule has 0 aliphatic heterocycles. The molecule has 0 spiro atoms. The van der Waals surface area contributed by atoms with Crippen LogP contribution in [0.1, 0.15) is 43.4 Å². The first kappa shape index (κ1) is 23.1. The van der Waals surface area contributed by atoms with E-state index >= 15 is 0 Å². The largest absolute Gasteiger partial charge is 0.460 e. The number of esters is 1. The van der Waals surface area contributed by atoms with Gasteiger partial charge >= 0.3 is 5.97 Å². The zero-order valence-electron chi connectivity index (χ0n) is 19.4. The molecule has 0 atom stereocenters. The summed E-state index contributed by atoms with van der Waals surface area (Å²) >= 11 is 0. The van der Waals surface area contributed by atoms with Gasteiger partial charge in [0.1, 0.15) is 23.3 Å². The Balaban J connectivity index is 1.46. The van der Waals surface area contributed by atoms with Crippen LogP contribution in [0.2, 0.25) is 0 Å². The van der Waals surface area contributed by atoms with E-state index in [4.69, 9.17) is 13.9 Å². The first-order valence-corrected chi connectivity index (χ1v) is 11.2. The number of rotatable bonds is 7. The minimum absolute atomic E-state index is 0.0907. The van der Waals surface area contributed by atoms with Crippen LogP contribution in [-0.4, -0.2) is 5.97 Å². The summed E-state index contributed by atoms with van der Waals surface area (Å²) in [5.74, 6) is 0.855. The molecular formula is C29H26O5. The highest BCUT2D eigenvalue weighted by Gasteiger charge is 2.11. The second-order valence-corrected chi connectivity index (χ2v) is 8.26. The number of benzene rings is 3. The molecule has 5 heteroatoms. The average molecular weight is 455 g/mol. The smallest absolute Gasteiger partial charge is 0.336 e. The lowest BCUT2D eigenvalue weighted by Crippen LogP contribution is -2.06. The van der Waals surface area contributed by atoms with Crippen LogP contribution in [0.25, 0.3) is 17.0 Å². The Labute approximate surface area is 198 Å². The predicted molar refractivity (Wildman–Crippen MR) is 134 cm³/mol. The van der Waals surface area contributed by atoms with Gasteiger partial charge in [-0.3, -0.25) is 4.79 Å². The van der Waals surface area contributed by atoms with Crippen LogP contribution >= 0.6 is 0 Å². The van der Waals surface area contributed by atoms with Gasteiger partial charge in [0, 0.05) is 12.1 Å². The highest BCUT2D eigenvalue weighted by molar-refractivity contribution is 5.89. The van der Waals surface area contributed by atoms with Crippen LogP contribution < -0.4 is 14.9 Å². The van der Waals surface area contributed by atoms with E-state index < -0.39 is 5.97 Å². The first-order chi connectivity index (χ1) is 16.4. The van der Waals surface area contributed by atoms with Crippen molar-refractivity contribution in [2.24, 2.45) is 0 Å². The van der Waals surface area contributed by atoms with Gasteiger partial charge in [-0.25, -0.2) is 4.79 Å². The average Bonchev–Trinajstić information content (AvgIpc) is 2.85. The molecule has 4 rings (SSSR count). The maximum Gasteiger partial charge on any atom is 0.336 e. The van der Waals surface area contributed by atoms with E-state index in [1.165, 1.54) is 29.5 Å². The summed E-state index contributed by atoms with van der Waals surface area (Å²) in [4.78, 5) is 25.1. The van der Waals surface area contributed by atoms with Crippen molar-refractivity contribution in [1.29, 1.82) is 0 Å². The van der Waals surface area contributed by atoms with Crippen LogP contribution in [0.4, 0.5) is 0 Å². The van der Waals surface area contributed by atoms with Gasteiger partial charge in [-0.15, -0.1) is 0 Å². The van der Waals surface area contributed by atoms with E-state index in [0.717, 1.165) is 12.0 Å². The second kappa shape index (κ2) is 10.2. The van der Waals surface area contributed by atoms with Crippen molar-refractivity contribution >= 4 is 23.0 Å². The molecule has 0 amide bonds. The lowest BCUT2D eigenvalue weighted by Gasteiger charge is -2.07. The molecule has 0 saturated carbocycles. The van der Waals surface area contributed by atoms with Gasteiger partial charge in [0.25, 0.3) is 0 Å². The minimum Gasteiger partial charge on any atom is -0.460 e. The Morgan fingerprint density at radius 2 is 1.68 bits per heavy atom. The molecule has 0 fully saturated rings. The third-order valence-corrected chi connectivity index (χ3v) is 5.51. The molecule has 3 aromatic carbocycles. The number of ether oxygens (including phenoxy) is 2. The molecule has 0 unspecified atom stereocenters. The molecule has 4 aromatic rings. The third kappa shape index (κ3) is 5.44. The Morgan fingerprint density at radius 1 is 0.971 bits per heavy atom. The lowest BCUT2D eigenvalue weighted by atomic mass is 10.0. The van der Waals surface area contributed by atoms with Crippen LogP contribution in [0.5, 0.6) is 17.2 Å². The number of hydrogen-bond acceptors (Lipinski definition) is 5. The highest BCUT2D eigenvalue weighted by atomic mass is 16.5. The number of hydrogen-bond donors (Lipinski definition) is 0. The summed E-state index contributed by atoms with van der Waals surface area (Å²) in [6.45, 7) is 6.33. The fraction of sp³-hybridized carbons (Fsp3) is 0.172. The summed E-state index contributed by atoms with van der Waals surface area (Å²) < 4.78 is 16.7. The number of carbonyl (C=O) groups excluding carboxylic acids is 1. The molecule has 1 heterocycles. The topological polar surface area (TPSA) is 65.7 Å². The van der Waals surface area contributed by atoms with Crippen LogP contribution in [0.3, 0.4) is 0 Å². The minimum atomic E-state index is -0.523. The summed E-state index contributed by atoms with van der Waals surface area (Å²) in [5.41, 5.74) is 3.32. The standard InChI is InChI=1S/C29H26O5/c1-4-20-7-12-23(13-8-20)33-27-18-32-26-17-24(14-15-25(26)29(27)31)34-28(30)16-9-21-5-10-22(11-6-21)19(2)3/h5-19H,4H2,1-3H3. The van der Waals surface area contributed by atoms with E-state index in [2.05, 4.69) is 20.8 Å². The molecule has 0 aliphatic rings. The van der Waals surface area contributed by atoms with Gasteiger partial charge in [0.15, 0.2) is 0 Å². The fourth-order valence-electron chi connectivity index (χ4n) is 3.45. The molecule has 172 valence electrons. The molecule has 0 bridgehead atoms. The van der Waals surface area contributed by atoms with Crippen molar-refractivity contribution in [2.75, 3.05) is 0 Å². The van der Waals surface area contributed by atoms with E-state index in [0.29, 0.717) is 22.6 Å². The van der Waals surface area contributed by atoms with E-state index in [1.807, 2.05) is 48.5 Å². The molecular weight excluding hydrogens is 428 g/mol. The first-order valence-electron chi connectivity index (χ1n) is 11.2. The third-order valence-electron chi connectivity index (χ3n) is 5.51. The highest BCUT2D eigenvalue weighted by Crippen LogP contribution is 2.24. The summed E-state index contributed by atoms with van der Waals surface area (Å²) in [6, 6.07) is 20.2. The summed E-state index contributed by atoms with van der Waals surface area (Å²) in [6.07, 6.45) is 5.26. The van der Waals surface area contributed by atoms with Crippen molar-refractivity contribution in [3.63, 3.8) is 0 Å². The number of aryl methyl sites for hydroxylation is 1. The predicted octanol–water partition coefficient (Wildman–Crippen LogP) is 6.89. The molecule has 34 heavy (non-hydrogen) atoms. The van der Waals surface area contributed by atoms with Crippen LogP contribution in [-0.2, 0) is 11.2 Å². The zero-order chi connectivity index (χ0) is 24.1. The Morgan fingerprint density at radius 3 is 2.35 bits per heavy atom. The van der Waals surface area contributed by atoms with E-state index in [9.17, 15) is 9.59 Å². The molecule has 1 aromatic heterocycles.